The fraction of sp³-hybridized carbons (Fsp3) is 0. The van der Waals surface area contributed by atoms with Crippen molar-refractivity contribution in [2.45, 2.75) is 0 Å². The molecule has 3 heteroatoms. The number of hydrogen-bond donors (Lipinski definition) is 0. The number of furan rings is 1. The molecule has 0 bridgehead atoms. The third-order valence-corrected chi connectivity index (χ3v) is 11.2. The SMILES string of the molecule is c1ccc(-c2ccc(-c3ccccc3)c(-n3c4ccccc4c4c(N(c5ccc6oc7ccccc7c6c5)c5ccccc5-c5ccccc5)cccc43)c2)cc1. The van der Waals surface area contributed by atoms with Gasteiger partial charge in [0.2, 0.25) is 0 Å². The van der Waals surface area contributed by atoms with Crippen molar-refractivity contribution in [1.82, 2.24) is 4.57 Å². The van der Waals surface area contributed by atoms with Gasteiger partial charge in [0.05, 0.1) is 28.1 Å². The second-order valence-corrected chi connectivity index (χ2v) is 14.5. The molecule has 57 heavy (non-hydrogen) atoms. The Labute approximate surface area is 330 Å². The van der Waals surface area contributed by atoms with Crippen molar-refractivity contribution in [2.75, 3.05) is 4.90 Å². The molecule has 0 N–H and O–H groups in total. The highest BCUT2D eigenvalue weighted by Gasteiger charge is 2.25. The average molecular weight is 729 g/mol. The second kappa shape index (κ2) is 13.6. The van der Waals surface area contributed by atoms with Crippen molar-refractivity contribution < 1.29 is 4.42 Å². The Hall–Kier alpha value is -7.62. The lowest BCUT2D eigenvalue weighted by Gasteiger charge is -2.29. The summed E-state index contributed by atoms with van der Waals surface area (Å²) in [5.41, 5.74) is 15.4. The van der Waals surface area contributed by atoms with Crippen LogP contribution in [0.2, 0.25) is 0 Å². The van der Waals surface area contributed by atoms with Crippen LogP contribution in [0.15, 0.2) is 223 Å². The first-order valence-electron chi connectivity index (χ1n) is 19.4. The minimum absolute atomic E-state index is 0.873. The van der Waals surface area contributed by atoms with E-state index in [4.69, 9.17) is 4.42 Å². The molecule has 11 rings (SSSR count). The van der Waals surface area contributed by atoms with E-state index in [1.54, 1.807) is 0 Å². The maximum atomic E-state index is 6.34. The summed E-state index contributed by atoms with van der Waals surface area (Å²) in [6, 6.07) is 78.3. The van der Waals surface area contributed by atoms with Crippen molar-refractivity contribution in [2.24, 2.45) is 0 Å². The number of rotatable bonds is 7. The Bertz CT molecular complexity index is 3230. The highest BCUT2D eigenvalue weighted by Crippen LogP contribution is 2.48. The molecule has 0 amide bonds. The van der Waals surface area contributed by atoms with E-state index < -0.39 is 0 Å². The lowest BCUT2D eigenvalue weighted by Crippen LogP contribution is -2.11. The zero-order chi connectivity index (χ0) is 37.7. The van der Waals surface area contributed by atoms with E-state index in [2.05, 4.69) is 216 Å². The molecule has 0 aliphatic carbocycles. The molecule has 0 aliphatic heterocycles. The fourth-order valence-electron chi connectivity index (χ4n) is 8.63. The van der Waals surface area contributed by atoms with E-state index in [9.17, 15) is 0 Å². The normalized spacial score (nSPS) is 11.5. The Balaban J connectivity index is 1.23. The Morgan fingerprint density at radius 2 is 0.947 bits per heavy atom. The number of fused-ring (bicyclic) bond motifs is 6. The van der Waals surface area contributed by atoms with Gasteiger partial charge in [-0.1, -0.05) is 164 Å². The standard InChI is InChI=1S/C54H36N2O/c1-4-17-37(18-5-1)40-31-33-43(39-21-8-3-9-22-39)51(35-40)56-48-27-14-11-25-45(48)54-49(28-16-29-50(54)56)55(47-26-13-10-23-42(47)38-19-6-2-7-20-38)41-32-34-53-46(36-41)44-24-12-15-30-52(44)57-53/h1-36H. The molecule has 0 unspecified atom stereocenters. The summed E-state index contributed by atoms with van der Waals surface area (Å²) in [5, 5.41) is 4.55. The van der Waals surface area contributed by atoms with Crippen LogP contribution in [0.1, 0.15) is 0 Å². The van der Waals surface area contributed by atoms with Gasteiger partial charge in [-0.05, 0) is 76.9 Å². The Morgan fingerprint density at radius 3 is 1.74 bits per heavy atom. The fourth-order valence-corrected chi connectivity index (χ4v) is 8.63. The van der Waals surface area contributed by atoms with Crippen LogP contribution in [0.5, 0.6) is 0 Å². The van der Waals surface area contributed by atoms with Gasteiger partial charge in [-0.25, -0.2) is 0 Å². The predicted molar refractivity (Wildman–Crippen MR) is 239 cm³/mol. The van der Waals surface area contributed by atoms with E-state index in [0.29, 0.717) is 0 Å². The van der Waals surface area contributed by atoms with Crippen LogP contribution in [0.25, 0.3) is 82.8 Å². The first-order chi connectivity index (χ1) is 28.3. The number of hydrogen-bond acceptors (Lipinski definition) is 2. The molecule has 9 aromatic carbocycles. The molecule has 0 fully saturated rings. The summed E-state index contributed by atoms with van der Waals surface area (Å²) >= 11 is 0. The number of anilines is 3. The van der Waals surface area contributed by atoms with Crippen LogP contribution in [0, 0.1) is 0 Å². The molecular formula is C54H36N2O. The predicted octanol–water partition coefficient (Wildman–Crippen LogP) is 15.2. The largest absolute Gasteiger partial charge is 0.456 e. The molecule has 0 saturated carbocycles. The maximum Gasteiger partial charge on any atom is 0.135 e. The summed E-state index contributed by atoms with van der Waals surface area (Å²) < 4.78 is 8.81. The van der Waals surface area contributed by atoms with Crippen LogP contribution in [-0.2, 0) is 0 Å². The van der Waals surface area contributed by atoms with E-state index >= 15 is 0 Å². The first-order valence-corrected chi connectivity index (χ1v) is 19.4. The monoisotopic (exact) mass is 728 g/mol. The Kier molecular flexibility index (Phi) is 7.82. The van der Waals surface area contributed by atoms with E-state index in [-0.39, 0.29) is 0 Å². The lowest BCUT2D eigenvalue weighted by molar-refractivity contribution is 0.669. The van der Waals surface area contributed by atoms with Gasteiger partial charge in [-0.2, -0.15) is 0 Å². The van der Waals surface area contributed by atoms with Crippen molar-refractivity contribution in [3.63, 3.8) is 0 Å². The summed E-state index contributed by atoms with van der Waals surface area (Å²) in [6.07, 6.45) is 0. The van der Waals surface area contributed by atoms with Gasteiger partial charge < -0.3 is 13.9 Å². The average Bonchev–Trinajstić information content (AvgIpc) is 3.83. The molecule has 0 atom stereocenters. The van der Waals surface area contributed by atoms with Crippen LogP contribution in [0.4, 0.5) is 17.1 Å². The third kappa shape index (κ3) is 5.51. The van der Waals surface area contributed by atoms with Gasteiger partial charge in [0, 0.05) is 38.4 Å². The second-order valence-electron chi connectivity index (χ2n) is 14.5. The highest BCUT2D eigenvalue weighted by atomic mass is 16.3. The molecule has 2 heterocycles. The van der Waals surface area contributed by atoms with Crippen LogP contribution < -0.4 is 4.90 Å². The van der Waals surface area contributed by atoms with Gasteiger partial charge >= 0.3 is 0 Å². The molecule has 2 aromatic heterocycles. The number of benzene rings is 9. The minimum atomic E-state index is 0.873. The van der Waals surface area contributed by atoms with Gasteiger partial charge in [0.25, 0.3) is 0 Å². The molecule has 11 aromatic rings. The molecule has 0 aliphatic rings. The number of para-hydroxylation sites is 3. The highest BCUT2D eigenvalue weighted by molar-refractivity contribution is 6.18. The molecule has 0 spiro atoms. The van der Waals surface area contributed by atoms with Crippen LogP contribution >= 0.6 is 0 Å². The molecule has 0 saturated heterocycles. The van der Waals surface area contributed by atoms with E-state index in [1.807, 2.05) is 12.1 Å². The molecule has 268 valence electrons. The lowest BCUT2D eigenvalue weighted by atomic mass is 9.98. The molecule has 3 nitrogen and oxygen atoms in total. The van der Waals surface area contributed by atoms with Gasteiger partial charge in [-0.3, -0.25) is 0 Å². The maximum absolute atomic E-state index is 6.34. The van der Waals surface area contributed by atoms with Crippen molar-refractivity contribution >= 4 is 60.8 Å². The van der Waals surface area contributed by atoms with E-state index in [0.717, 1.165) is 66.8 Å². The quantitative estimate of drug-likeness (QED) is 0.163. The number of aromatic nitrogens is 1. The molecular weight excluding hydrogens is 693 g/mol. The zero-order valence-corrected chi connectivity index (χ0v) is 31.1. The van der Waals surface area contributed by atoms with Crippen LogP contribution in [0.3, 0.4) is 0 Å². The zero-order valence-electron chi connectivity index (χ0n) is 31.1. The van der Waals surface area contributed by atoms with Crippen molar-refractivity contribution in [3.8, 4) is 39.1 Å². The van der Waals surface area contributed by atoms with Gasteiger partial charge in [-0.15, -0.1) is 0 Å². The van der Waals surface area contributed by atoms with Gasteiger partial charge in [0.1, 0.15) is 11.2 Å². The first kappa shape index (κ1) is 32.8. The van der Waals surface area contributed by atoms with Gasteiger partial charge in [0.15, 0.2) is 0 Å². The minimum Gasteiger partial charge on any atom is -0.456 e. The summed E-state index contributed by atoms with van der Waals surface area (Å²) in [7, 11) is 0. The van der Waals surface area contributed by atoms with Crippen LogP contribution in [-0.4, -0.2) is 4.57 Å². The van der Waals surface area contributed by atoms with Crippen molar-refractivity contribution in [3.05, 3.63) is 218 Å². The summed E-state index contributed by atoms with van der Waals surface area (Å²) in [5.74, 6) is 0. The third-order valence-electron chi connectivity index (χ3n) is 11.2. The molecule has 0 radical (unpaired) electrons. The topological polar surface area (TPSA) is 21.3 Å². The summed E-state index contributed by atoms with van der Waals surface area (Å²) in [4.78, 5) is 2.45. The Morgan fingerprint density at radius 1 is 0.351 bits per heavy atom. The number of nitrogens with zero attached hydrogens (tertiary/aromatic N) is 2. The van der Waals surface area contributed by atoms with E-state index in [1.165, 1.54) is 33.0 Å². The summed E-state index contributed by atoms with van der Waals surface area (Å²) in [6.45, 7) is 0. The smallest absolute Gasteiger partial charge is 0.135 e. The van der Waals surface area contributed by atoms with Crippen molar-refractivity contribution in [1.29, 1.82) is 0 Å².